The minimum Gasteiger partial charge on any atom is -0.480 e. The first-order chi connectivity index (χ1) is 6.15. The highest BCUT2D eigenvalue weighted by atomic mass is 33.2. The molecule has 0 spiro atoms. The third kappa shape index (κ3) is 3.83. The zero-order valence-electron chi connectivity index (χ0n) is 6.84. The van der Waals surface area contributed by atoms with Gasteiger partial charge in [-0.25, -0.2) is 0 Å². The van der Waals surface area contributed by atoms with E-state index in [1.54, 1.807) is 10.8 Å². The van der Waals surface area contributed by atoms with E-state index in [2.05, 4.69) is 17.5 Å². The summed E-state index contributed by atoms with van der Waals surface area (Å²) in [4.78, 5) is 10.5. The average Bonchev–Trinajstić information content (AvgIpc) is 2.75. The second-order valence-corrected chi connectivity index (χ2v) is 6.79. The van der Waals surface area contributed by atoms with Gasteiger partial charge in [0.05, 0.1) is 0 Å². The highest BCUT2D eigenvalue weighted by Crippen LogP contribution is 2.41. The van der Waals surface area contributed by atoms with Crippen molar-refractivity contribution in [1.29, 1.82) is 4.61 Å². The minimum atomic E-state index is -0.874. The first-order valence-corrected chi connectivity index (χ1v) is 6.95. The highest BCUT2D eigenvalue weighted by molar-refractivity contribution is 8.84. The molecule has 1 fully saturated rings. The fraction of sp³-hybridized carbons (Fsp3) is 0.833. The van der Waals surface area contributed by atoms with Crippen molar-refractivity contribution in [3.05, 3.63) is 0 Å². The molecule has 0 saturated carbocycles. The van der Waals surface area contributed by atoms with E-state index in [0.717, 1.165) is 12.8 Å². The Bertz CT molecular complexity index is 262. The van der Waals surface area contributed by atoms with Crippen LogP contribution in [0.5, 0.6) is 0 Å². The number of aliphatic carboxylic acids is 1. The molecule has 2 atom stereocenters. The normalized spacial score (nSPS) is 24.2. The Labute approximate surface area is 88.4 Å². The number of nitrogens with one attached hydrogen (secondary N) is 1. The van der Waals surface area contributed by atoms with Crippen molar-refractivity contribution in [1.82, 2.24) is 4.72 Å². The lowest BCUT2D eigenvalue weighted by atomic mass is 10.1. The van der Waals surface area contributed by atoms with Crippen molar-refractivity contribution >= 4 is 39.1 Å². The molecule has 13 heavy (non-hydrogen) atoms. The van der Waals surface area contributed by atoms with Crippen molar-refractivity contribution in [2.75, 3.05) is 0 Å². The van der Waals surface area contributed by atoms with Gasteiger partial charge >= 0.3 is 5.97 Å². The van der Waals surface area contributed by atoms with E-state index in [1.807, 2.05) is 0 Å². The number of carbonyl (C=O) groups is 1. The summed E-state index contributed by atoms with van der Waals surface area (Å²) in [5.41, 5.74) is 0. The van der Waals surface area contributed by atoms with Gasteiger partial charge in [0, 0.05) is 0 Å². The smallest absolute Gasteiger partial charge is 0.321 e. The summed E-state index contributed by atoms with van der Waals surface area (Å²) < 4.78 is 11.8. The summed E-state index contributed by atoms with van der Waals surface area (Å²) in [6.07, 6.45) is 2.27. The van der Waals surface area contributed by atoms with Crippen LogP contribution in [-0.2, 0) is 14.4 Å². The number of thiol groups is 1. The van der Waals surface area contributed by atoms with Gasteiger partial charge < -0.3 is 9.71 Å². The van der Waals surface area contributed by atoms with Gasteiger partial charge in [0.25, 0.3) is 0 Å². The van der Waals surface area contributed by atoms with Gasteiger partial charge in [-0.2, -0.15) is 0 Å². The van der Waals surface area contributed by atoms with E-state index in [4.69, 9.17) is 9.71 Å². The lowest BCUT2D eigenvalue weighted by Gasteiger charge is -2.09. The van der Waals surface area contributed by atoms with Crippen molar-refractivity contribution in [3.63, 3.8) is 0 Å². The summed E-state index contributed by atoms with van der Waals surface area (Å²) in [6.45, 7) is 0. The van der Waals surface area contributed by atoms with Crippen LogP contribution in [0.2, 0.25) is 0 Å². The Morgan fingerprint density at radius 1 is 1.85 bits per heavy atom. The second kappa shape index (κ2) is 5.17. The summed E-state index contributed by atoms with van der Waals surface area (Å²) in [7, 11) is 1.11. The zero-order chi connectivity index (χ0) is 9.84. The number of nitrogens with zero attached hydrogens (tertiary/aromatic N) is 1. The van der Waals surface area contributed by atoms with Crippen molar-refractivity contribution in [2.45, 2.75) is 29.9 Å². The Morgan fingerprint density at radius 3 is 2.85 bits per heavy atom. The van der Waals surface area contributed by atoms with E-state index >= 15 is 0 Å². The fourth-order valence-corrected chi connectivity index (χ4v) is 3.43. The lowest BCUT2D eigenvalue weighted by Crippen LogP contribution is -2.30. The molecule has 2 unspecified atom stereocenters. The molecule has 1 aliphatic heterocycles. The molecule has 0 aromatic carbocycles. The molecule has 0 bridgehead atoms. The minimum absolute atomic E-state index is 0.356. The van der Waals surface area contributed by atoms with Crippen LogP contribution in [0.3, 0.4) is 0 Å². The molecular weight excluding hydrogens is 228 g/mol. The highest BCUT2D eigenvalue weighted by Gasteiger charge is 2.18. The van der Waals surface area contributed by atoms with Crippen LogP contribution in [0.4, 0.5) is 0 Å². The predicted molar refractivity (Wildman–Crippen MR) is 57.9 cm³/mol. The maximum Gasteiger partial charge on any atom is 0.321 e. The van der Waals surface area contributed by atoms with Crippen LogP contribution in [-0.4, -0.2) is 21.7 Å². The monoisotopic (exact) mass is 239 g/mol. The second-order valence-electron chi connectivity index (χ2n) is 2.75. The van der Waals surface area contributed by atoms with Gasteiger partial charge in [-0.05, 0) is 6.42 Å². The summed E-state index contributed by atoms with van der Waals surface area (Å²) in [5, 5.41) is 8.64. The molecule has 2 N–H and O–H groups in total. The van der Waals surface area contributed by atoms with E-state index in [0.29, 0.717) is 11.0 Å². The first kappa shape index (κ1) is 11.3. The molecule has 76 valence electrons. The van der Waals surface area contributed by atoms with Gasteiger partial charge in [0.1, 0.15) is 6.04 Å². The molecule has 0 aliphatic carbocycles. The standard InChI is InChI=1S/C6H11N2O2S3/c7-13-5(12-13)3-1-2-4(8-11)6(9)10/h4-5,8,11H,1-3H2,(H,9,10)/q-1. The molecule has 1 saturated heterocycles. The number of carboxylic acids is 1. The van der Waals surface area contributed by atoms with Crippen LogP contribution in [0.1, 0.15) is 19.3 Å². The summed E-state index contributed by atoms with van der Waals surface area (Å²) in [5.74, 6) is -0.874. The lowest BCUT2D eigenvalue weighted by molar-refractivity contribution is -0.139. The molecule has 1 aliphatic rings. The molecule has 0 amide bonds. The van der Waals surface area contributed by atoms with Crippen LogP contribution < -0.4 is 4.72 Å². The number of rotatable bonds is 6. The Balaban J connectivity index is 2.10. The molecule has 7 heteroatoms. The number of carboxylic acid groups (broad SMARTS) is 1. The average molecular weight is 239 g/mol. The quantitative estimate of drug-likeness (QED) is 0.280. The maximum atomic E-state index is 10.5. The maximum absolute atomic E-state index is 10.5. The molecule has 0 aromatic rings. The summed E-state index contributed by atoms with van der Waals surface area (Å²) >= 11 is 3.73. The molecule has 1 rings (SSSR count). The van der Waals surface area contributed by atoms with Crippen LogP contribution in [0.15, 0.2) is 0 Å². The summed E-state index contributed by atoms with van der Waals surface area (Å²) in [6, 6.07) is -0.576. The first-order valence-electron chi connectivity index (χ1n) is 3.87. The third-order valence-corrected chi connectivity index (χ3v) is 5.26. The Kier molecular flexibility index (Phi) is 4.48. The van der Waals surface area contributed by atoms with E-state index in [9.17, 15) is 4.79 Å². The number of hydrogen-bond acceptors (Lipinski definition) is 6. The largest absolute Gasteiger partial charge is 0.480 e. The molecule has 4 nitrogen and oxygen atoms in total. The topological polar surface area (TPSA) is 73.1 Å². The third-order valence-electron chi connectivity index (χ3n) is 1.78. The molecule has 1 heterocycles. The van der Waals surface area contributed by atoms with Gasteiger partial charge in [0.15, 0.2) is 0 Å². The molecule has 0 radical (unpaired) electrons. The molecular formula is C6H11N2O2S3-. The van der Waals surface area contributed by atoms with Gasteiger partial charge in [0.2, 0.25) is 0 Å². The van der Waals surface area contributed by atoms with Crippen LogP contribution in [0.25, 0.3) is 0 Å². The SMILES string of the molecule is N#[S-]1SC1CCCC(NS)C(=O)O. The van der Waals surface area contributed by atoms with Crippen LogP contribution >= 0.6 is 23.6 Å². The zero-order valence-corrected chi connectivity index (χ0v) is 9.37. The Hall–Kier alpha value is 0.190. The van der Waals surface area contributed by atoms with Gasteiger partial charge in [-0.3, -0.25) is 29.9 Å². The van der Waals surface area contributed by atoms with E-state index < -0.39 is 21.6 Å². The molecule has 0 aromatic heterocycles. The van der Waals surface area contributed by atoms with Gasteiger partial charge in [-0.15, -0.1) is 0 Å². The Morgan fingerprint density at radius 2 is 2.46 bits per heavy atom. The van der Waals surface area contributed by atoms with E-state index in [1.165, 1.54) is 0 Å². The van der Waals surface area contributed by atoms with Crippen molar-refractivity contribution in [2.24, 2.45) is 0 Å². The van der Waals surface area contributed by atoms with Gasteiger partial charge in [-0.1, -0.05) is 30.2 Å². The van der Waals surface area contributed by atoms with E-state index in [-0.39, 0.29) is 0 Å². The fourth-order valence-electron chi connectivity index (χ4n) is 0.968. The van der Waals surface area contributed by atoms with Crippen molar-refractivity contribution in [3.8, 4) is 0 Å². The van der Waals surface area contributed by atoms with Crippen LogP contribution in [0, 0.1) is 4.61 Å². The predicted octanol–water partition coefficient (Wildman–Crippen LogP) is 1.13. The number of hydrogen-bond donors (Lipinski definition) is 3. The van der Waals surface area contributed by atoms with Crippen molar-refractivity contribution < 1.29 is 9.90 Å².